The number of anilines is 1. The van der Waals surface area contributed by atoms with Crippen molar-refractivity contribution in [3.63, 3.8) is 0 Å². The van der Waals surface area contributed by atoms with E-state index in [1.165, 1.54) is 4.90 Å². The van der Waals surface area contributed by atoms with Gasteiger partial charge >= 0.3 is 0 Å². The van der Waals surface area contributed by atoms with Crippen molar-refractivity contribution in [2.75, 3.05) is 23.7 Å². The molecule has 0 radical (unpaired) electrons. The van der Waals surface area contributed by atoms with Crippen molar-refractivity contribution in [2.24, 2.45) is 11.5 Å². The van der Waals surface area contributed by atoms with Crippen LogP contribution in [0.2, 0.25) is 0 Å². The number of thioether (sulfide) groups is 1. The molecule has 0 spiro atoms. The van der Waals surface area contributed by atoms with Crippen molar-refractivity contribution in [3.8, 4) is 0 Å². The molecule has 0 aliphatic heterocycles. The Morgan fingerprint density at radius 2 is 2.11 bits per heavy atom. The number of likely N-dealkylation sites (N-methyl/N-ethyl adjacent to an activating group) is 1. The van der Waals surface area contributed by atoms with E-state index >= 15 is 0 Å². The molecule has 4 N–H and O–H groups in total. The fourth-order valence-electron chi connectivity index (χ4n) is 1.90. The fourth-order valence-corrected chi connectivity index (χ4v) is 2.75. The summed E-state index contributed by atoms with van der Waals surface area (Å²) in [4.78, 5) is 14.2. The molecule has 0 atom stereocenters. The second-order valence-corrected chi connectivity index (χ2v) is 5.18. The third-order valence-electron chi connectivity index (χ3n) is 2.68. The van der Waals surface area contributed by atoms with Crippen LogP contribution in [-0.2, 0) is 11.3 Å². The predicted molar refractivity (Wildman–Crippen MR) is 77.8 cm³/mol. The summed E-state index contributed by atoms with van der Waals surface area (Å²) in [7, 11) is 0. The maximum Gasteiger partial charge on any atom is 0.236 e. The molecule has 0 heterocycles. The molecule has 1 aromatic rings. The lowest BCUT2D eigenvalue weighted by Gasteiger charge is -2.25. The summed E-state index contributed by atoms with van der Waals surface area (Å²) in [6.45, 7) is 5.54. The lowest BCUT2D eigenvalue weighted by molar-refractivity contribution is -0.116. The summed E-state index contributed by atoms with van der Waals surface area (Å²) in [6.07, 6.45) is 0. The highest BCUT2D eigenvalue weighted by Gasteiger charge is 2.14. The van der Waals surface area contributed by atoms with Crippen LogP contribution in [0.4, 0.5) is 5.69 Å². The number of hydrogen-bond donors (Lipinski definition) is 2. The van der Waals surface area contributed by atoms with Gasteiger partial charge in [0.05, 0.1) is 6.54 Å². The average molecular weight is 267 g/mol. The lowest BCUT2D eigenvalue weighted by Crippen LogP contribution is -2.34. The van der Waals surface area contributed by atoms with Gasteiger partial charge < -0.3 is 16.4 Å². The van der Waals surface area contributed by atoms with E-state index in [1.807, 2.05) is 24.0 Å². The van der Waals surface area contributed by atoms with Gasteiger partial charge in [0.2, 0.25) is 5.91 Å². The summed E-state index contributed by atoms with van der Waals surface area (Å²) in [5.41, 5.74) is 13.2. The standard InChI is InChI=1S/C13H21N3OS/c1-3-16(9-13(15)17)11-6-5-7-12(18-4-2)10(11)8-14/h5-7H,3-4,8-9,14H2,1-2H3,(H2,15,17). The molecule has 0 aliphatic rings. The Morgan fingerprint density at radius 1 is 1.39 bits per heavy atom. The molecule has 0 aliphatic carbocycles. The van der Waals surface area contributed by atoms with Gasteiger partial charge in [0, 0.05) is 29.2 Å². The first-order valence-corrected chi connectivity index (χ1v) is 7.10. The van der Waals surface area contributed by atoms with Gasteiger partial charge in [0.25, 0.3) is 0 Å². The Kier molecular flexibility index (Phi) is 6.01. The zero-order chi connectivity index (χ0) is 13.5. The first kappa shape index (κ1) is 14.9. The summed E-state index contributed by atoms with van der Waals surface area (Å²) < 4.78 is 0. The molecular weight excluding hydrogens is 246 g/mol. The van der Waals surface area contributed by atoms with Crippen LogP contribution in [0.5, 0.6) is 0 Å². The number of nitrogens with zero attached hydrogens (tertiary/aromatic N) is 1. The van der Waals surface area contributed by atoms with E-state index in [9.17, 15) is 4.79 Å². The number of rotatable bonds is 7. The highest BCUT2D eigenvalue weighted by molar-refractivity contribution is 7.99. The summed E-state index contributed by atoms with van der Waals surface area (Å²) in [6, 6.07) is 6.06. The molecular formula is C13H21N3OS. The molecule has 0 fully saturated rings. The maximum atomic E-state index is 11.1. The number of amides is 1. The molecule has 5 heteroatoms. The van der Waals surface area contributed by atoms with Gasteiger partial charge in [0.15, 0.2) is 0 Å². The van der Waals surface area contributed by atoms with E-state index in [1.54, 1.807) is 11.8 Å². The van der Waals surface area contributed by atoms with Crippen LogP contribution in [0.3, 0.4) is 0 Å². The van der Waals surface area contributed by atoms with E-state index in [-0.39, 0.29) is 12.5 Å². The number of primary amides is 1. The van der Waals surface area contributed by atoms with Crippen molar-refractivity contribution in [1.82, 2.24) is 0 Å². The Hall–Kier alpha value is -1.20. The van der Waals surface area contributed by atoms with Gasteiger partial charge in [-0.1, -0.05) is 13.0 Å². The monoisotopic (exact) mass is 267 g/mol. The van der Waals surface area contributed by atoms with E-state index in [0.29, 0.717) is 6.54 Å². The first-order chi connectivity index (χ1) is 8.63. The number of hydrogen-bond acceptors (Lipinski definition) is 4. The SMILES string of the molecule is CCSc1cccc(N(CC)CC(N)=O)c1CN. The van der Waals surface area contributed by atoms with E-state index in [4.69, 9.17) is 11.5 Å². The third-order valence-corrected chi connectivity index (χ3v) is 3.66. The second-order valence-electron chi connectivity index (χ2n) is 3.87. The van der Waals surface area contributed by atoms with Crippen molar-refractivity contribution in [1.29, 1.82) is 0 Å². The molecule has 0 bridgehead atoms. The van der Waals surface area contributed by atoms with Gasteiger partial charge in [-0.05, 0) is 24.8 Å². The van der Waals surface area contributed by atoms with E-state index in [0.717, 1.165) is 23.5 Å². The van der Waals surface area contributed by atoms with Crippen LogP contribution in [0.1, 0.15) is 19.4 Å². The van der Waals surface area contributed by atoms with Crippen LogP contribution in [0.15, 0.2) is 23.1 Å². The quantitative estimate of drug-likeness (QED) is 0.736. The Morgan fingerprint density at radius 3 is 2.61 bits per heavy atom. The molecule has 1 amide bonds. The number of nitrogens with two attached hydrogens (primary N) is 2. The maximum absolute atomic E-state index is 11.1. The van der Waals surface area contributed by atoms with Gasteiger partial charge in [-0.15, -0.1) is 11.8 Å². The smallest absolute Gasteiger partial charge is 0.236 e. The van der Waals surface area contributed by atoms with Crippen LogP contribution in [0.25, 0.3) is 0 Å². The van der Waals surface area contributed by atoms with Gasteiger partial charge in [0.1, 0.15) is 0 Å². The molecule has 1 rings (SSSR count). The third kappa shape index (κ3) is 3.65. The minimum atomic E-state index is -0.326. The largest absolute Gasteiger partial charge is 0.368 e. The minimum Gasteiger partial charge on any atom is -0.368 e. The van der Waals surface area contributed by atoms with Crippen LogP contribution in [0, 0.1) is 0 Å². The number of carbonyl (C=O) groups is 1. The molecule has 18 heavy (non-hydrogen) atoms. The predicted octanol–water partition coefficient (Wildman–Crippen LogP) is 1.57. The van der Waals surface area contributed by atoms with Crippen molar-refractivity contribution in [3.05, 3.63) is 23.8 Å². The van der Waals surface area contributed by atoms with Crippen LogP contribution >= 0.6 is 11.8 Å². The zero-order valence-electron chi connectivity index (χ0n) is 11.0. The van der Waals surface area contributed by atoms with Gasteiger partial charge in [-0.2, -0.15) is 0 Å². The van der Waals surface area contributed by atoms with E-state index < -0.39 is 0 Å². The average Bonchev–Trinajstić information content (AvgIpc) is 2.36. The molecule has 4 nitrogen and oxygen atoms in total. The fraction of sp³-hybridized carbons (Fsp3) is 0.462. The zero-order valence-corrected chi connectivity index (χ0v) is 11.8. The molecule has 0 saturated heterocycles. The second kappa shape index (κ2) is 7.28. The molecule has 0 aromatic heterocycles. The summed E-state index contributed by atoms with van der Waals surface area (Å²) >= 11 is 1.76. The van der Waals surface area contributed by atoms with Crippen molar-refractivity contribution in [2.45, 2.75) is 25.3 Å². The molecule has 1 aromatic carbocycles. The topological polar surface area (TPSA) is 72.3 Å². The van der Waals surface area contributed by atoms with Crippen molar-refractivity contribution >= 4 is 23.4 Å². The summed E-state index contributed by atoms with van der Waals surface area (Å²) in [5, 5.41) is 0. The first-order valence-electron chi connectivity index (χ1n) is 6.12. The highest BCUT2D eigenvalue weighted by Crippen LogP contribution is 2.30. The molecule has 0 saturated carbocycles. The number of benzene rings is 1. The lowest BCUT2D eigenvalue weighted by atomic mass is 10.1. The normalized spacial score (nSPS) is 10.4. The highest BCUT2D eigenvalue weighted by atomic mass is 32.2. The Balaban J connectivity index is 3.12. The molecule has 100 valence electrons. The molecule has 0 unspecified atom stereocenters. The Labute approximate surface area is 113 Å². The summed E-state index contributed by atoms with van der Waals surface area (Å²) in [5.74, 6) is 0.673. The van der Waals surface area contributed by atoms with Crippen molar-refractivity contribution < 1.29 is 4.79 Å². The van der Waals surface area contributed by atoms with Crippen LogP contribution in [-0.4, -0.2) is 24.7 Å². The van der Waals surface area contributed by atoms with E-state index in [2.05, 4.69) is 13.0 Å². The Bertz CT molecular complexity index is 409. The number of carbonyl (C=O) groups excluding carboxylic acids is 1. The van der Waals surface area contributed by atoms with Gasteiger partial charge in [-0.3, -0.25) is 4.79 Å². The van der Waals surface area contributed by atoms with Crippen LogP contribution < -0.4 is 16.4 Å². The minimum absolute atomic E-state index is 0.226. The van der Waals surface area contributed by atoms with Gasteiger partial charge in [-0.25, -0.2) is 0 Å².